The third-order valence-electron chi connectivity index (χ3n) is 3.67. The molecule has 0 aliphatic carbocycles. The molecule has 1 heterocycles. The number of aliphatic hydroxyl groups is 1. The van der Waals surface area contributed by atoms with Crippen LogP contribution < -0.4 is 4.90 Å². The molecule has 2 atom stereocenters. The molecule has 1 saturated heterocycles. The van der Waals surface area contributed by atoms with Crippen LogP contribution in [0.25, 0.3) is 0 Å². The highest BCUT2D eigenvalue weighted by molar-refractivity contribution is 6.33. The highest BCUT2D eigenvalue weighted by Gasteiger charge is 2.25. The van der Waals surface area contributed by atoms with Crippen LogP contribution in [0.4, 0.5) is 5.69 Å². The van der Waals surface area contributed by atoms with Gasteiger partial charge in [0.05, 0.1) is 17.3 Å². The van der Waals surface area contributed by atoms with Gasteiger partial charge >= 0.3 is 0 Å². The van der Waals surface area contributed by atoms with Crippen LogP contribution in [0.1, 0.15) is 32.3 Å². The lowest BCUT2D eigenvalue weighted by Crippen LogP contribution is -2.40. The maximum atomic E-state index is 9.43. The Morgan fingerprint density at radius 3 is 2.82 bits per heavy atom. The summed E-state index contributed by atoms with van der Waals surface area (Å²) in [7, 11) is 0. The molecule has 0 aromatic heterocycles. The van der Waals surface area contributed by atoms with Crippen LogP contribution in [0.2, 0.25) is 5.02 Å². The Labute approximate surface area is 108 Å². The predicted molar refractivity (Wildman–Crippen MR) is 72.6 cm³/mol. The number of hydrogen-bond donors (Lipinski definition) is 1. The molecule has 1 fully saturated rings. The molecule has 2 nitrogen and oxygen atoms in total. The van der Waals surface area contributed by atoms with Crippen molar-refractivity contribution in [2.24, 2.45) is 5.92 Å². The largest absolute Gasteiger partial charge is 0.392 e. The Morgan fingerprint density at radius 2 is 2.18 bits per heavy atom. The average Bonchev–Trinajstić information content (AvgIpc) is 2.30. The van der Waals surface area contributed by atoms with Gasteiger partial charge in [0.25, 0.3) is 0 Å². The van der Waals surface area contributed by atoms with Gasteiger partial charge in [0.1, 0.15) is 0 Å². The van der Waals surface area contributed by atoms with Crippen molar-refractivity contribution < 1.29 is 5.11 Å². The standard InChI is InChI=1S/C14H20ClNO/c1-10-6-7-16(11(2)8-10)14-12(9-17)4-3-5-13(14)15/h3-5,10-11,17H,6-9H2,1-2H3. The lowest BCUT2D eigenvalue weighted by Gasteiger charge is -2.39. The Kier molecular flexibility index (Phi) is 3.95. The van der Waals surface area contributed by atoms with Gasteiger partial charge in [0, 0.05) is 18.2 Å². The lowest BCUT2D eigenvalue weighted by molar-refractivity contribution is 0.281. The molecule has 1 N–H and O–H groups in total. The van der Waals surface area contributed by atoms with E-state index in [2.05, 4.69) is 18.7 Å². The first kappa shape index (κ1) is 12.7. The van der Waals surface area contributed by atoms with Gasteiger partial charge < -0.3 is 10.0 Å². The minimum Gasteiger partial charge on any atom is -0.392 e. The van der Waals surface area contributed by atoms with Crippen molar-refractivity contribution in [1.29, 1.82) is 0 Å². The molecule has 0 saturated carbocycles. The first-order valence-corrected chi connectivity index (χ1v) is 6.66. The summed E-state index contributed by atoms with van der Waals surface area (Å²) in [5.74, 6) is 0.779. The Bertz CT molecular complexity index is 394. The van der Waals surface area contributed by atoms with E-state index in [9.17, 15) is 5.11 Å². The molecule has 0 bridgehead atoms. The molecule has 1 aliphatic heterocycles. The van der Waals surface area contributed by atoms with E-state index in [-0.39, 0.29) is 6.61 Å². The molecule has 0 spiro atoms. The van der Waals surface area contributed by atoms with Crippen LogP contribution >= 0.6 is 11.6 Å². The topological polar surface area (TPSA) is 23.5 Å². The van der Waals surface area contributed by atoms with E-state index >= 15 is 0 Å². The van der Waals surface area contributed by atoms with E-state index in [0.29, 0.717) is 6.04 Å². The van der Waals surface area contributed by atoms with Crippen molar-refractivity contribution in [2.75, 3.05) is 11.4 Å². The zero-order valence-electron chi connectivity index (χ0n) is 10.5. The molecule has 0 radical (unpaired) electrons. The van der Waals surface area contributed by atoms with Crippen molar-refractivity contribution in [3.8, 4) is 0 Å². The fraction of sp³-hybridized carbons (Fsp3) is 0.571. The summed E-state index contributed by atoms with van der Waals surface area (Å²) in [5, 5.41) is 10.2. The molecule has 2 unspecified atom stereocenters. The van der Waals surface area contributed by atoms with Crippen LogP contribution in [0.15, 0.2) is 18.2 Å². The van der Waals surface area contributed by atoms with Gasteiger partial charge in [0.2, 0.25) is 0 Å². The fourth-order valence-electron chi connectivity index (χ4n) is 2.75. The molecular formula is C14H20ClNO. The number of para-hydroxylation sites is 1. The minimum absolute atomic E-state index is 0.0503. The Balaban J connectivity index is 2.33. The van der Waals surface area contributed by atoms with Crippen molar-refractivity contribution in [3.63, 3.8) is 0 Å². The number of hydrogen-bond acceptors (Lipinski definition) is 2. The molecule has 2 rings (SSSR count). The molecule has 1 aliphatic rings. The first-order chi connectivity index (χ1) is 8.13. The quantitative estimate of drug-likeness (QED) is 0.873. The second-order valence-electron chi connectivity index (χ2n) is 5.08. The summed E-state index contributed by atoms with van der Waals surface area (Å²) in [4.78, 5) is 2.34. The molecule has 17 heavy (non-hydrogen) atoms. The average molecular weight is 254 g/mol. The van der Waals surface area contributed by atoms with Gasteiger partial charge in [-0.3, -0.25) is 0 Å². The van der Waals surface area contributed by atoms with Crippen molar-refractivity contribution in [3.05, 3.63) is 28.8 Å². The van der Waals surface area contributed by atoms with Crippen molar-refractivity contribution >= 4 is 17.3 Å². The number of rotatable bonds is 2. The van der Waals surface area contributed by atoms with Gasteiger partial charge in [-0.15, -0.1) is 0 Å². The van der Waals surface area contributed by atoms with Crippen LogP contribution in [-0.2, 0) is 6.61 Å². The summed E-state index contributed by atoms with van der Waals surface area (Å²) >= 11 is 6.29. The summed E-state index contributed by atoms with van der Waals surface area (Å²) in [6, 6.07) is 6.24. The van der Waals surface area contributed by atoms with Crippen LogP contribution in [0.3, 0.4) is 0 Å². The number of benzene rings is 1. The maximum Gasteiger partial charge on any atom is 0.0702 e. The van der Waals surface area contributed by atoms with E-state index in [1.54, 1.807) is 0 Å². The number of piperidine rings is 1. The third kappa shape index (κ3) is 2.58. The molecule has 1 aromatic rings. The number of aliphatic hydroxyl groups excluding tert-OH is 1. The van der Waals surface area contributed by atoms with Crippen LogP contribution in [0, 0.1) is 5.92 Å². The second-order valence-corrected chi connectivity index (χ2v) is 5.48. The Morgan fingerprint density at radius 1 is 1.41 bits per heavy atom. The van der Waals surface area contributed by atoms with E-state index < -0.39 is 0 Å². The Hall–Kier alpha value is -0.730. The highest BCUT2D eigenvalue weighted by Crippen LogP contribution is 2.35. The van der Waals surface area contributed by atoms with Gasteiger partial charge in [0.15, 0.2) is 0 Å². The van der Waals surface area contributed by atoms with E-state index in [1.165, 1.54) is 12.8 Å². The first-order valence-electron chi connectivity index (χ1n) is 6.28. The van der Waals surface area contributed by atoms with E-state index in [0.717, 1.165) is 28.7 Å². The zero-order valence-corrected chi connectivity index (χ0v) is 11.2. The van der Waals surface area contributed by atoms with Crippen LogP contribution in [-0.4, -0.2) is 17.7 Å². The lowest BCUT2D eigenvalue weighted by atomic mass is 9.92. The highest BCUT2D eigenvalue weighted by atomic mass is 35.5. The van der Waals surface area contributed by atoms with Crippen molar-refractivity contribution in [2.45, 2.75) is 39.3 Å². The second kappa shape index (κ2) is 5.28. The third-order valence-corrected chi connectivity index (χ3v) is 3.97. The summed E-state index contributed by atoms with van der Waals surface area (Å²) in [5.41, 5.74) is 1.95. The zero-order chi connectivity index (χ0) is 12.4. The summed E-state index contributed by atoms with van der Waals surface area (Å²) in [6.45, 7) is 5.61. The number of halogens is 1. The van der Waals surface area contributed by atoms with Crippen molar-refractivity contribution in [1.82, 2.24) is 0 Å². The van der Waals surface area contributed by atoms with Gasteiger partial charge in [-0.05, 0) is 31.7 Å². The molecule has 0 amide bonds. The minimum atomic E-state index is 0.0503. The van der Waals surface area contributed by atoms with E-state index in [4.69, 9.17) is 11.6 Å². The van der Waals surface area contributed by atoms with Gasteiger partial charge in [-0.25, -0.2) is 0 Å². The number of nitrogens with zero attached hydrogens (tertiary/aromatic N) is 1. The van der Waals surface area contributed by atoms with E-state index in [1.807, 2.05) is 18.2 Å². The molecule has 3 heteroatoms. The monoisotopic (exact) mass is 253 g/mol. The van der Waals surface area contributed by atoms with Gasteiger partial charge in [-0.2, -0.15) is 0 Å². The summed E-state index contributed by atoms with van der Waals surface area (Å²) in [6.07, 6.45) is 2.39. The predicted octanol–water partition coefficient (Wildman–Crippen LogP) is 3.46. The van der Waals surface area contributed by atoms with Crippen LogP contribution in [0.5, 0.6) is 0 Å². The normalized spacial score (nSPS) is 25.1. The number of anilines is 1. The maximum absolute atomic E-state index is 9.43. The molecule has 1 aromatic carbocycles. The molecule has 94 valence electrons. The fourth-order valence-corrected chi connectivity index (χ4v) is 3.05. The van der Waals surface area contributed by atoms with Gasteiger partial charge in [-0.1, -0.05) is 30.7 Å². The molecular weight excluding hydrogens is 234 g/mol. The smallest absolute Gasteiger partial charge is 0.0702 e. The summed E-state index contributed by atoms with van der Waals surface area (Å²) < 4.78 is 0. The SMILES string of the molecule is CC1CCN(c2c(Cl)cccc2CO)C(C)C1.